The number of halogens is 1. The van der Waals surface area contributed by atoms with Crippen molar-refractivity contribution in [3.63, 3.8) is 0 Å². The van der Waals surface area contributed by atoms with E-state index in [9.17, 15) is 9.18 Å². The summed E-state index contributed by atoms with van der Waals surface area (Å²) in [5, 5.41) is 3.52. The number of anilines is 1. The van der Waals surface area contributed by atoms with E-state index in [1.807, 2.05) is 19.9 Å². The Morgan fingerprint density at radius 2 is 1.91 bits per heavy atom. The summed E-state index contributed by atoms with van der Waals surface area (Å²) in [6.45, 7) is 3.76. The predicted molar refractivity (Wildman–Crippen MR) is 89.2 cm³/mol. The summed E-state index contributed by atoms with van der Waals surface area (Å²) < 4.78 is 13.1. The van der Waals surface area contributed by atoms with Gasteiger partial charge in [0.05, 0.1) is 9.88 Å². The van der Waals surface area contributed by atoms with Gasteiger partial charge in [-0.3, -0.25) is 4.79 Å². The Hall–Kier alpha value is -2.60. The van der Waals surface area contributed by atoms with Crippen molar-refractivity contribution < 1.29 is 9.18 Å². The number of aryl methyl sites for hydroxylation is 2. The van der Waals surface area contributed by atoms with Gasteiger partial charge in [-0.15, -0.1) is 11.3 Å². The van der Waals surface area contributed by atoms with E-state index in [0.717, 1.165) is 16.1 Å². The molecule has 0 fully saturated rings. The molecule has 0 aliphatic heterocycles. The number of nitrogens with one attached hydrogen (secondary N) is 1. The number of carbonyl (C=O) groups excluding carboxylic acids is 1. The molecule has 0 unspecified atom stereocenters. The molecule has 1 amide bonds. The maximum Gasteiger partial charge on any atom is 0.276 e. The van der Waals surface area contributed by atoms with Crippen LogP contribution in [0.4, 0.5) is 10.2 Å². The third kappa shape index (κ3) is 3.43. The van der Waals surface area contributed by atoms with Crippen LogP contribution in [0.5, 0.6) is 0 Å². The van der Waals surface area contributed by atoms with Crippen LogP contribution in [-0.4, -0.2) is 15.9 Å². The van der Waals surface area contributed by atoms with Crippen LogP contribution in [0.25, 0.3) is 10.4 Å². The molecular formula is C17H14FN3OS. The fourth-order valence-corrected chi connectivity index (χ4v) is 3.08. The molecule has 3 rings (SSSR count). The van der Waals surface area contributed by atoms with Gasteiger partial charge in [0.1, 0.15) is 17.3 Å². The molecule has 2 heterocycles. The third-order valence-corrected chi connectivity index (χ3v) is 4.23. The lowest BCUT2D eigenvalue weighted by atomic mass is 10.1. The standard InChI is InChI=1S/C17H14FN3OS/c1-10-7-8-19-14(9-10)21-17(22)15-16(23-11(2)20-15)12-3-5-13(18)6-4-12/h3-9H,1-2H3,(H,19,21,22). The Morgan fingerprint density at radius 1 is 1.17 bits per heavy atom. The Labute approximate surface area is 137 Å². The minimum absolute atomic E-state index is 0.315. The molecule has 0 bridgehead atoms. The average molecular weight is 327 g/mol. The van der Waals surface area contributed by atoms with Crippen LogP contribution in [0.1, 0.15) is 21.1 Å². The monoisotopic (exact) mass is 327 g/mol. The molecule has 3 aromatic rings. The molecule has 1 N–H and O–H groups in total. The van der Waals surface area contributed by atoms with E-state index in [-0.39, 0.29) is 11.7 Å². The largest absolute Gasteiger partial charge is 0.305 e. The quantitative estimate of drug-likeness (QED) is 0.784. The van der Waals surface area contributed by atoms with Crippen molar-refractivity contribution in [1.82, 2.24) is 9.97 Å². The Bertz CT molecular complexity index is 859. The van der Waals surface area contributed by atoms with Crippen LogP contribution in [0.3, 0.4) is 0 Å². The number of hydrogen-bond donors (Lipinski definition) is 1. The summed E-state index contributed by atoms with van der Waals surface area (Å²) in [4.78, 5) is 21.7. The van der Waals surface area contributed by atoms with E-state index in [0.29, 0.717) is 16.4 Å². The zero-order valence-electron chi connectivity index (χ0n) is 12.6. The van der Waals surface area contributed by atoms with Crippen LogP contribution in [0, 0.1) is 19.7 Å². The first-order valence-electron chi connectivity index (χ1n) is 7.00. The summed E-state index contributed by atoms with van der Waals surface area (Å²) in [5.74, 6) is -0.164. The van der Waals surface area contributed by atoms with Crippen LogP contribution >= 0.6 is 11.3 Å². The molecule has 2 aromatic heterocycles. The van der Waals surface area contributed by atoms with Crippen LogP contribution < -0.4 is 5.32 Å². The van der Waals surface area contributed by atoms with E-state index in [1.54, 1.807) is 24.4 Å². The highest BCUT2D eigenvalue weighted by molar-refractivity contribution is 7.15. The summed E-state index contributed by atoms with van der Waals surface area (Å²) in [6.07, 6.45) is 1.64. The van der Waals surface area contributed by atoms with Crippen LogP contribution in [0.2, 0.25) is 0 Å². The number of hydrogen-bond acceptors (Lipinski definition) is 4. The normalized spacial score (nSPS) is 10.6. The molecule has 0 radical (unpaired) electrons. The van der Waals surface area contributed by atoms with Crippen molar-refractivity contribution in [1.29, 1.82) is 0 Å². The fraction of sp³-hybridized carbons (Fsp3) is 0.118. The first-order valence-corrected chi connectivity index (χ1v) is 7.82. The Kier molecular flexibility index (Phi) is 4.16. The van der Waals surface area contributed by atoms with Crippen molar-refractivity contribution in [3.05, 3.63) is 64.7 Å². The number of nitrogens with zero attached hydrogens (tertiary/aromatic N) is 2. The maximum atomic E-state index is 13.1. The minimum atomic E-state index is -0.327. The first-order chi connectivity index (χ1) is 11.0. The SMILES string of the molecule is Cc1ccnc(NC(=O)c2nc(C)sc2-c2ccc(F)cc2)c1. The minimum Gasteiger partial charge on any atom is -0.305 e. The van der Waals surface area contributed by atoms with E-state index in [1.165, 1.54) is 23.5 Å². The summed E-state index contributed by atoms with van der Waals surface area (Å²) in [6, 6.07) is 9.66. The van der Waals surface area contributed by atoms with Crippen molar-refractivity contribution >= 4 is 23.1 Å². The highest BCUT2D eigenvalue weighted by Crippen LogP contribution is 2.30. The number of rotatable bonds is 3. The molecule has 116 valence electrons. The van der Waals surface area contributed by atoms with Gasteiger partial charge in [0.25, 0.3) is 5.91 Å². The average Bonchev–Trinajstić information content (AvgIpc) is 2.90. The van der Waals surface area contributed by atoms with E-state index < -0.39 is 0 Å². The highest BCUT2D eigenvalue weighted by atomic mass is 32.1. The number of amides is 1. The maximum absolute atomic E-state index is 13.1. The molecule has 4 nitrogen and oxygen atoms in total. The Balaban J connectivity index is 1.93. The van der Waals surface area contributed by atoms with Gasteiger partial charge in [0.2, 0.25) is 0 Å². The van der Waals surface area contributed by atoms with E-state index in [4.69, 9.17) is 0 Å². The summed E-state index contributed by atoms with van der Waals surface area (Å²) in [5.41, 5.74) is 2.09. The molecule has 0 saturated heterocycles. The van der Waals surface area contributed by atoms with Gasteiger partial charge in [0.15, 0.2) is 0 Å². The number of pyridine rings is 1. The van der Waals surface area contributed by atoms with Crippen molar-refractivity contribution in [3.8, 4) is 10.4 Å². The number of carbonyl (C=O) groups is 1. The Morgan fingerprint density at radius 3 is 2.61 bits per heavy atom. The van der Waals surface area contributed by atoms with Gasteiger partial charge in [-0.05, 0) is 49.2 Å². The van der Waals surface area contributed by atoms with Crippen molar-refractivity contribution in [2.24, 2.45) is 0 Å². The summed E-state index contributed by atoms with van der Waals surface area (Å²) >= 11 is 1.40. The van der Waals surface area contributed by atoms with Gasteiger partial charge in [-0.1, -0.05) is 12.1 Å². The zero-order chi connectivity index (χ0) is 16.4. The van der Waals surface area contributed by atoms with E-state index >= 15 is 0 Å². The van der Waals surface area contributed by atoms with Gasteiger partial charge in [-0.25, -0.2) is 14.4 Å². The highest BCUT2D eigenvalue weighted by Gasteiger charge is 2.19. The molecule has 0 aliphatic carbocycles. The topological polar surface area (TPSA) is 54.9 Å². The van der Waals surface area contributed by atoms with Gasteiger partial charge in [-0.2, -0.15) is 0 Å². The molecule has 6 heteroatoms. The van der Waals surface area contributed by atoms with Gasteiger partial charge >= 0.3 is 0 Å². The van der Waals surface area contributed by atoms with Crippen molar-refractivity contribution in [2.45, 2.75) is 13.8 Å². The lowest BCUT2D eigenvalue weighted by molar-refractivity contribution is 0.102. The molecule has 0 atom stereocenters. The number of benzene rings is 1. The second-order valence-corrected chi connectivity index (χ2v) is 6.29. The zero-order valence-corrected chi connectivity index (χ0v) is 13.4. The molecule has 1 aromatic carbocycles. The molecule has 0 saturated carbocycles. The fourth-order valence-electron chi connectivity index (χ4n) is 2.16. The van der Waals surface area contributed by atoms with Gasteiger partial charge < -0.3 is 5.32 Å². The number of thiazole rings is 1. The third-order valence-electron chi connectivity index (χ3n) is 3.21. The molecular weight excluding hydrogens is 313 g/mol. The summed E-state index contributed by atoms with van der Waals surface area (Å²) in [7, 11) is 0. The van der Waals surface area contributed by atoms with Gasteiger partial charge in [0, 0.05) is 6.20 Å². The van der Waals surface area contributed by atoms with Crippen LogP contribution in [-0.2, 0) is 0 Å². The first kappa shape index (κ1) is 15.3. The van der Waals surface area contributed by atoms with E-state index in [2.05, 4.69) is 15.3 Å². The molecule has 0 spiro atoms. The lowest BCUT2D eigenvalue weighted by Crippen LogP contribution is -2.14. The molecule has 0 aliphatic rings. The second-order valence-electron chi connectivity index (χ2n) is 5.09. The molecule has 23 heavy (non-hydrogen) atoms. The smallest absolute Gasteiger partial charge is 0.276 e. The predicted octanol–water partition coefficient (Wildman–Crippen LogP) is 4.21. The van der Waals surface area contributed by atoms with Crippen molar-refractivity contribution in [2.75, 3.05) is 5.32 Å². The lowest BCUT2D eigenvalue weighted by Gasteiger charge is -2.05. The number of aromatic nitrogens is 2. The van der Waals surface area contributed by atoms with Crippen LogP contribution in [0.15, 0.2) is 42.6 Å². The second kappa shape index (κ2) is 6.26.